The number of piperazine rings is 1. The van der Waals surface area contributed by atoms with Gasteiger partial charge in [0.25, 0.3) is 5.91 Å². The molecular weight excluding hydrogens is 603 g/mol. The number of hydrogen-bond donors (Lipinski definition) is 2. The van der Waals surface area contributed by atoms with E-state index in [1.54, 1.807) is 25.4 Å². The van der Waals surface area contributed by atoms with Crippen molar-refractivity contribution in [3.63, 3.8) is 0 Å². The number of piperidine rings is 1. The van der Waals surface area contributed by atoms with Gasteiger partial charge in [-0.25, -0.2) is 9.97 Å². The zero-order chi connectivity index (χ0) is 32.9. The predicted molar refractivity (Wildman–Crippen MR) is 164 cm³/mol. The molecule has 1 unspecified atom stereocenters. The molecule has 0 bridgehead atoms. The summed E-state index contributed by atoms with van der Waals surface area (Å²) in [5, 5.41) is 6.20. The fourth-order valence-corrected chi connectivity index (χ4v) is 6.41. The molecule has 12 nitrogen and oxygen atoms in total. The van der Waals surface area contributed by atoms with E-state index in [2.05, 4.69) is 34.1 Å². The van der Waals surface area contributed by atoms with Crippen LogP contribution >= 0.6 is 0 Å². The molecule has 2 atom stereocenters. The predicted octanol–water partition coefficient (Wildman–Crippen LogP) is 4.18. The molecule has 2 aliphatic rings. The Kier molecular flexibility index (Phi) is 8.12. The van der Waals surface area contributed by atoms with Crippen molar-refractivity contribution >= 4 is 29.0 Å². The third kappa shape index (κ3) is 5.74. The van der Waals surface area contributed by atoms with Crippen LogP contribution in [0.4, 0.5) is 24.8 Å². The van der Waals surface area contributed by atoms with Crippen molar-refractivity contribution in [1.82, 2.24) is 33.9 Å². The van der Waals surface area contributed by atoms with E-state index in [0.717, 1.165) is 38.3 Å². The van der Waals surface area contributed by atoms with Crippen molar-refractivity contribution in [1.29, 1.82) is 0 Å². The number of hydrogen-bond acceptors (Lipinski definition) is 8. The van der Waals surface area contributed by atoms with Crippen LogP contribution in [0.5, 0.6) is 5.75 Å². The molecule has 1 aromatic carbocycles. The second-order valence-corrected chi connectivity index (χ2v) is 12.0. The highest BCUT2D eigenvalue weighted by molar-refractivity contribution is 6.04. The van der Waals surface area contributed by atoms with E-state index in [1.807, 2.05) is 9.30 Å². The van der Waals surface area contributed by atoms with Crippen LogP contribution in [-0.4, -0.2) is 84.1 Å². The number of nitrogen functional groups attached to an aromatic ring is 1. The minimum Gasteiger partial charge on any atom is -0.493 e. The maximum Gasteiger partial charge on any atom is 0.433 e. The molecule has 15 heteroatoms. The minimum absolute atomic E-state index is 0.0468. The number of alkyl halides is 3. The minimum atomic E-state index is -4.62. The molecular formula is C31H36F3N9O3. The average Bonchev–Trinajstić information content (AvgIpc) is 3.58. The molecule has 0 saturated carbocycles. The Morgan fingerprint density at radius 2 is 1.98 bits per heavy atom. The molecule has 5 heterocycles. The lowest BCUT2D eigenvalue weighted by atomic mass is 9.90. The zero-order valence-corrected chi connectivity index (χ0v) is 26.0. The zero-order valence-electron chi connectivity index (χ0n) is 26.0. The Morgan fingerprint density at radius 1 is 1.20 bits per heavy atom. The summed E-state index contributed by atoms with van der Waals surface area (Å²) in [7, 11) is 1.15. The first kappa shape index (κ1) is 31.3. The van der Waals surface area contributed by atoms with Crippen LogP contribution < -0.4 is 15.8 Å². The van der Waals surface area contributed by atoms with Gasteiger partial charge in [-0.1, -0.05) is 0 Å². The average molecular weight is 640 g/mol. The third-order valence-electron chi connectivity index (χ3n) is 8.73. The van der Waals surface area contributed by atoms with Crippen LogP contribution in [0, 0.1) is 0 Å². The number of nitrogens with one attached hydrogen (secondary N) is 1. The third-order valence-corrected chi connectivity index (χ3v) is 8.73. The lowest BCUT2D eigenvalue weighted by Gasteiger charge is -2.46. The molecule has 0 radical (unpaired) electrons. The second-order valence-electron chi connectivity index (χ2n) is 12.0. The number of anilines is 2. The van der Waals surface area contributed by atoms with Crippen molar-refractivity contribution in [2.75, 3.05) is 37.3 Å². The van der Waals surface area contributed by atoms with Gasteiger partial charge in [0.1, 0.15) is 34.3 Å². The number of imidazole rings is 1. The van der Waals surface area contributed by atoms with Crippen molar-refractivity contribution < 1.29 is 27.5 Å². The van der Waals surface area contributed by atoms with E-state index in [1.165, 1.54) is 12.1 Å². The molecule has 0 spiro atoms. The maximum absolute atomic E-state index is 13.2. The van der Waals surface area contributed by atoms with E-state index in [4.69, 9.17) is 15.5 Å². The van der Waals surface area contributed by atoms with Crippen LogP contribution in [-0.2, 0) is 18.0 Å². The molecule has 2 aliphatic heterocycles. The first-order chi connectivity index (χ1) is 21.8. The van der Waals surface area contributed by atoms with Gasteiger partial charge in [0.15, 0.2) is 5.82 Å². The molecule has 3 aromatic heterocycles. The maximum atomic E-state index is 13.2. The highest BCUT2D eigenvalue weighted by Crippen LogP contribution is 2.39. The molecule has 2 amide bonds. The number of aryl methyl sites for hydroxylation is 1. The van der Waals surface area contributed by atoms with Crippen molar-refractivity contribution in [3.05, 3.63) is 53.7 Å². The SMILES string of the molecule is CCOc1cc(C(=O)Nc2cc(C(F)(F)F)n(C)n2)ccc1-c1nc(C2CC[C@@H]3CN(C(C)C)CC(=O)N3C2)n2ccnc(N)c12. The molecule has 3 N–H and O–H groups in total. The van der Waals surface area contributed by atoms with Crippen LogP contribution in [0.3, 0.4) is 0 Å². The molecule has 6 rings (SSSR count). The topological polar surface area (TPSA) is 136 Å². The van der Waals surface area contributed by atoms with Gasteiger partial charge in [0.05, 0.1) is 13.2 Å². The lowest BCUT2D eigenvalue weighted by molar-refractivity contribution is -0.144. The van der Waals surface area contributed by atoms with E-state index in [9.17, 15) is 22.8 Å². The number of nitrogens with zero attached hydrogens (tertiary/aromatic N) is 7. The lowest BCUT2D eigenvalue weighted by Crippen LogP contribution is -2.60. The number of nitrogens with two attached hydrogens (primary N) is 1. The largest absolute Gasteiger partial charge is 0.493 e. The van der Waals surface area contributed by atoms with Gasteiger partial charge in [-0.15, -0.1) is 0 Å². The fraction of sp³-hybridized carbons (Fsp3) is 0.452. The summed E-state index contributed by atoms with van der Waals surface area (Å²) in [6, 6.07) is 5.95. The normalized spacial score (nSPS) is 19.1. The Balaban J connectivity index is 1.32. The van der Waals surface area contributed by atoms with Crippen LogP contribution in [0.1, 0.15) is 61.4 Å². The summed E-state index contributed by atoms with van der Waals surface area (Å²) >= 11 is 0. The number of fused-ring (bicyclic) bond motifs is 2. The summed E-state index contributed by atoms with van der Waals surface area (Å²) < 4.78 is 48.2. The number of rotatable bonds is 7. The van der Waals surface area contributed by atoms with Crippen LogP contribution in [0.25, 0.3) is 16.8 Å². The summed E-state index contributed by atoms with van der Waals surface area (Å²) in [5.41, 5.74) is 7.21. The second kappa shape index (κ2) is 11.9. The van der Waals surface area contributed by atoms with Crippen molar-refractivity contribution in [3.8, 4) is 17.0 Å². The summed E-state index contributed by atoms with van der Waals surface area (Å²) in [6.07, 6.45) is 0.469. The Morgan fingerprint density at radius 3 is 2.67 bits per heavy atom. The highest BCUT2D eigenvalue weighted by atomic mass is 19.4. The fourth-order valence-electron chi connectivity index (χ4n) is 6.41. The number of ether oxygens (including phenoxy) is 1. The van der Waals surface area contributed by atoms with Gasteiger partial charge in [-0.3, -0.25) is 23.6 Å². The first-order valence-corrected chi connectivity index (χ1v) is 15.2. The number of benzene rings is 1. The Bertz CT molecular complexity index is 1800. The Labute approximate surface area is 263 Å². The van der Waals surface area contributed by atoms with Gasteiger partial charge in [-0.2, -0.15) is 18.3 Å². The van der Waals surface area contributed by atoms with Gasteiger partial charge < -0.3 is 20.7 Å². The molecule has 244 valence electrons. The van der Waals surface area contributed by atoms with E-state index < -0.39 is 17.8 Å². The van der Waals surface area contributed by atoms with Gasteiger partial charge in [0, 0.05) is 67.7 Å². The van der Waals surface area contributed by atoms with E-state index in [0.29, 0.717) is 46.3 Å². The smallest absolute Gasteiger partial charge is 0.433 e. The molecule has 4 aromatic rings. The van der Waals surface area contributed by atoms with Crippen molar-refractivity contribution in [2.24, 2.45) is 7.05 Å². The summed E-state index contributed by atoms with van der Waals surface area (Å²) in [4.78, 5) is 39.8. The molecule has 0 aliphatic carbocycles. The molecule has 2 fully saturated rings. The first-order valence-electron chi connectivity index (χ1n) is 15.2. The number of aromatic nitrogens is 5. The Hall–Kier alpha value is -4.66. The van der Waals surface area contributed by atoms with Gasteiger partial charge in [-0.05, 0) is 51.8 Å². The van der Waals surface area contributed by atoms with Gasteiger partial charge in [0.2, 0.25) is 5.91 Å². The number of amides is 2. The van der Waals surface area contributed by atoms with Crippen LogP contribution in [0.2, 0.25) is 0 Å². The summed E-state index contributed by atoms with van der Waals surface area (Å²) in [6.45, 7) is 8.06. The number of halogens is 3. The van der Waals surface area contributed by atoms with Gasteiger partial charge >= 0.3 is 6.18 Å². The quantitative estimate of drug-likeness (QED) is 0.308. The number of carbonyl (C=O) groups is 2. The van der Waals surface area contributed by atoms with E-state index in [-0.39, 0.29) is 41.7 Å². The standard InChI is InChI=1S/C31H36F3N9O3/c1-5-46-22-12-18(30(45)37-24-13-23(31(32,33)34)40(4)39-24)7-9-21(22)26-27-28(35)36-10-11-42(27)29(38-26)19-6-8-20-15-41(17(2)3)16-25(44)43(20)14-19/h7,9-13,17,19-20H,5-6,8,14-16H2,1-4H3,(H2,35,36)(H,37,39,45)/t19?,20-/m1/s1. The summed E-state index contributed by atoms with van der Waals surface area (Å²) in [5.74, 6) is 0.520. The van der Waals surface area contributed by atoms with Crippen molar-refractivity contribution in [2.45, 2.75) is 57.8 Å². The highest BCUT2D eigenvalue weighted by Gasteiger charge is 2.40. The van der Waals surface area contributed by atoms with Crippen LogP contribution in [0.15, 0.2) is 36.7 Å². The molecule has 46 heavy (non-hydrogen) atoms. The van der Waals surface area contributed by atoms with E-state index >= 15 is 0 Å². The molecule has 2 saturated heterocycles. The number of carbonyl (C=O) groups excluding carboxylic acids is 2. The monoisotopic (exact) mass is 639 g/mol.